The number of Topliss-reactive ketones (excluding diaryl/α,β-unsaturated/α-hetero) is 1. The molecule has 3 rings (SSSR count). The second-order valence-corrected chi connectivity index (χ2v) is 8.51. The van der Waals surface area contributed by atoms with Gasteiger partial charge in [-0.15, -0.1) is 0 Å². The van der Waals surface area contributed by atoms with E-state index in [1.807, 2.05) is 30.3 Å². The quantitative estimate of drug-likeness (QED) is 0.348. The Morgan fingerprint density at radius 1 is 0.944 bits per heavy atom. The van der Waals surface area contributed by atoms with E-state index < -0.39 is 12.1 Å². The van der Waals surface area contributed by atoms with Crippen LogP contribution in [0, 0.1) is 0 Å². The van der Waals surface area contributed by atoms with Gasteiger partial charge in [0, 0.05) is 38.0 Å². The minimum atomic E-state index is -0.478. The number of rotatable bonds is 11. The zero-order valence-corrected chi connectivity index (χ0v) is 20.7. The molecule has 1 fully saturated rings. The molecule has 1 saturated heterocycles. The van der Waals surface area contributed by atoms with Crippen LogP contribution in [-0.2, 0) is 30.5 Å². The summed E-state index contributed by atoms with van der Waals surface area (Å²) in [5.74, 6) is -0.429. The fraction of sp³-hybridized carbons (Fsp3) is 0.407. The van der Waals surface area contributed by atoms with Crippen molar-refractivity contribution in [3.05, 3.63) is 65.7 Å². The van der Waals surface area contributed by atoms with Crippen molar-refractivity contribution in [1.82, 2.24) is 9.80 Å². The third-order valence-corrected chi connectivity index (χ3v) is 5.97. The maximum Gasteiger partial charge on any atom is 0.307 e. The first-order valence-electron chi connectivity index (χ1n) is 11.8. The van der Waals surface area contributed by atoms with E-state index in [0.29, 0.717) is 11.3 Å². The molecular formula is C27H32N2O7. The SMILES string of the molecule is COC(=O)CCN1C[C@H](OCc2cccc(OC)c2)CN(C(=O)CCC(=O)c2ccccc2)CC1=O. The summed E-state index contributed by atoms with van der Waals surface area (Å²) in [5, 5.41) is 0. The molecule has 2 aromatic carbocycles. The molecule has 0 spiro atoms. The highest BCUT2D eigenvalue weighted by molar-refractivity contribution is 5.98. The van der Waals surface area contributed by atoms with Crippen LogP contribution in [0.25, 0.3) is 0 Å². The van der Waals surface area contributed by atoms with Crippen LogP contribution in [0.3, 0.4) is 0 Å². The van der Waals surface area contributed by atoms with Crippen LogP contribution in [0.4, 0.5) is 0 Å². The fourth-order valence-electron chi connectivity index (χ4n) is 3.94. The average molecular weight is 497 g/mol. The Labute approximate surface area is 210 Å². The van der Waals surface area contributed by atoms with Crippen molar-refractivity contribution in [3.8, 4) is 5.75 Å². The molecule has 0 aliphatic carbocycles. The van der Waals surface area contributed by atoms with Crippen LogP contribution in [0.5, 0.6) is 5.75 Å². The van der Waals surface area contributed by atoms with Gasteiger partial charge in [-0.3, -0.25) is 19.2 Å². The van der Waals surface area contributed by atoms with Gasteiger partial charge in [-0.25, -0.2) is 0 Å². The Morgan fingerprint density at radius 3 is 2.44 bits per heavy atom. The molecule has 9 heteroatoms. The van der Waals surface area contributed by atoms with Crippen LogP contribution < -0.4 is 4.74 Å². The Bertz CT molecular complexity index is 1060. The molecule has 2 amide bonds. The van der Waals surface area contributed by atoms with Gasteiger partial charge in [0.25, 0.3) is 0 Å². The molecule has 0 N–H and O–H groups in total. The lowest BCUT2D eigenvalue weighted by Gasteiger charge is -2.25. The summed E-state index contributed by atoms with van der Waals surface area (Å²) in [6.45, 7) is 0.711. The van der Waals surface area contributed by atoms with E-state index in [4.69, 9.17) is 14.2 Å². The highest BCUT2D eigenvalue weighted by Crippen LogP contribution is 2.17. The Kier molecular flexibility index (Phi) is 10.00. The first-order chi connectivity index (χ1) is 17.4. The Morgan fingerprint density at radius 2 is 1.72 bits per heavy atom. The summed E-state index contributed by atoms with van der Waals surface area (Å²) < 4.78 is 16.1. The van der Waals surface area contributed by atoms with Crippen molar-refractivity contribution in [1.29, 1.82) is 0 Å². The molecule has 0 aromatic heterocycles. The zero-order chi connectivity index (χ0) is 25.9. The third kappa shape index (κ3) is 7.91. The molecule has 2 aromatic rings. The maximum absolute atomic E-state index is 13.0. The van der Waals surface area contributed by atoms with Crippen LogP contribution in [0.1, 0.15) is 35.2 Å². The number of hydrogen-bond donors (Lipinski definition) is 0. The molecule has 1 heterocycles. The molecule has 1 aliphatic heterocycles. The van der Waals surface area contributed by atoms with E-state index in [0.717, 1.165) is 5.56 Å². The summed E-state index contributed by atoms with van der Waals surface area (Å²) in [6.07, 6.45) is -0.389. The predicted molar refractivity (Wildman–Crippen MR) is 131 cm³/mol. The number of carbonyl (C=O) groups is 4. The number of esters is 1. The van der Waals surface area contributed by atoms with Crippen LogP contribution in [-0.4, -0.2) is 79.9 Å². The maximum atomic E-state index is 13.0. The molecule has 0 unspecified atom stereocenters. The second-order valence-electron chi connectivity index (χ2n) is 8.51. The summed E-state index contributed by atoms with van der Waals surface area (Å²) in [5.41, 5.74) is 1.43. The fourth-order valence-corrected chi connectivity index (χ4v) is 3.94. The van der Waals surface area contributed by atoms with Crippen molar-refractivity contribution in [2.75, 3.05) is 40.4 Å². The average Bonchev–Trinajstić information content (AvgIpc) is 3.07. The molecule has 0 radical (unpaired) electrons. The van der Waals surface area contributed by atoms with E-state index in [1.165, 1.54) is 16.9 Å². The minimum absolute atomic E-state index is 0.00816. The van der Waals surface area contributed by atoms with Gasteiger partial charge < -0.3 is 24.0 Å². The molecule has 9 nitrogen and oxygen atoms in total. The molecule has 192 valence electrons. The third-order valence-electron chi connectivity index (χ3n) is 5.97. The van der Waals surface area contributed by atoms with Gasteiger partial charge in [-0.2, -0.15) is 0 Å². The topological polar surface area (TPSA) is 102 Å². The van der Waals surface area contributed by atoms with Crippen molar-refractivity contribution >= 4 is 23.6 Å². The minimum Gasteiger partial charge on any atom is -0.497 e. The first kappa shape index (κ1) is 26.9. The summed E-state index contributed by atoms with van der Waals surface area (Å²) in [7, 11) is 2.88. The number of carbonyl (C=O) groups excluding carboxylic acids is 4. The lowest BCUT2D eigenvalue weighted by molar-refractivity contribution is -0.142. The van der Waals surface area contributed by atoms with Crippen molar-refractivity contribution in [2.45, 2.75) is 32.0 Å². The largest absolute Gasteiger partial charge is 0.497 e. The van der Waals surface area contributed by atoms with Gasteiger partial charge in [-0.05, 0) is 17.7 Å². The van der Waals surface area contributed by atoms with E-state index in [2.05, 4.69) is 0 Å². The molecule has 36 heavy (non-hydrogen) atoms. The summed E-state index contributed by atoms with van der Waals surface area (Å²) >= 11 is 0. The summed E-state index contributed by atoms with van der Waals surface area (Å²) in [4.78, 5) is 53.0. The van der Waals surface area contributed by atoms with Crippen LogP contribution in [0.2, 0.25) is 0 Å². The second kappa shape index (κ2) is 13.4. The molecule has 0 saturated carbocycles. The first-order valence-corrected chi connectivity index (χ1v) is 11.8. The standard InChI is InChI=1S/C27H32N2O7/c1-34-22-10-6-7-20(15-22)19-36-23-16-28(14-13-27(33)35-2)26(32)18-29(17-23)25(31)12-11-24(30)21-8-4-3-5-9-21/h3-10,15,23H,11-14,16-19H2,1-2H3/t23-/m0/s1. The highest BCUT2D eigenvalue weighted by Gasteiger charge is 2.31. The van der Waals surface area contributed by atoms with Crippen LogP contribution >= 0.6 is 0 Å². The van der Waals surface area contributed by atoms with Gasteiger partial charge >= 0.3 is 5.97 Å². The van der Waals surface area contributed by atoms with Gasteiger partial charge in [0.15, 0.2) is 5.78 Å². The number of ketones is 1. The molecule has 1 aliphatic rings. The summed E-state index contributed by atoms with van der Waals surface area (Å²) in [6, 6.07) is 16.2. The monoisotopic (exact) mass is 496 g/mol. The zero-order valence-electron chi connectivity index (χ0n) is 20.7. The number of amides is 2. The van der Waals surface area contributed by atoms with Gasteiger partial charge in [-0.1, -0.05) is 42.5 Å². The number of ether oxygens (including phenoxy) is 3. The number of benzene rings is 2. The van der Waals surface area contributed by atoms with Crippen molar-refractivity contribution < 1.29 is 33.4 Å². The van der Waals surface area contributed by atoms with Gasteiger partial charge in [0.05, 0.1) is 39.9 Å². The Hall–Kier alpha value is -3.72. The van der Waals surface area contributed by atoms with E-state index in [1.54, 1.807) is 31.4 Å². The number of hydrogen-bond acceptors (Lipinski definition) is 7. The van der Waals surface area contributed by atoms with Gasteiger partial charge in [0.1, 0.15) is 5.75 Å². The van der Waals surface area contributed by atoms with Crippen molar-refractivity contribution in [3.63, 3.8) is 0 Å². The lowest BCUT2D eigenvalue weighted by atomic mass is 10.1. The smallest absolute Gasteiger partial charge is 0.307 e. The van der Waals surface area contributed by atoms with E-state index >= 15 is 0 Å². The van der Waals surface area contributed by atoms with E-state index in [-0.39, 0.29) is 69.6 Å². The molecular weight excluding hydrogens is 464 g/mol. The van der Waals surface area contributed by atoms with E-state index in [9.17, 15) is 19.2 Å². The number of nitrogens with zero attached hydrogens (tertiary/aromatic N) is 2. The van der Waals surface area contributed by atoms with Gasteiger partial charge in [0.2, 0.25) is 11.8 Å². The lowest BCUT2D eigenvalue weighted by Crippen LogP contribution is -2.40. The number of methoxy groups -OCH3 is 2. The highest BCUT2D eigenvalue weighted by atomic mass is 16.5. The predicted octanol–water partition coefficient (Wildman–Crippen LogP) is 2.48. The van der Waals surface area contributed by atoms with Crippen molar-refractivity contribution in [2.24, 2.45) is 0 Å². The van der Waals surface area contributed by atoms with Crippen LogP contribution in [0.15, 0.2) is 54.6 Å². The molecule has 0 bridgehead atoms. The Balaban J connectivity index is 1.67. The molecule has 1 atom stereocenters. The normalized spacial score (nSPS) is 15.8.